The second kappa shape index (κ2) is 16.3. The van der Waals surface area contributed by atoms with Crippen LogP contribution < -0.4 is 5.32 Å². The van der Waals surface area contributed by atoms with Crippen molar-refractivity contribution >= 4 is 35.8 Å². The summed E-state index contributed by atoms with van der Waals surface area (Å²) in [6.45, 7) is 12.8. The first kappa shape index (κ1) is 45.4. The van der Waals surface area contributed by atoms with Crippen LogP contribution in [0.25, 0.3) is 0 Å². The molecule has 1 amide bonds. The Morgan fingerprint density at radius 3 is 2.05 bits per heavy atom. The first-order valence-corrected chi connectivity index (χ1v) is 20.2. The molecule has 16 heteroatoms. The highest BCUT2D eigenvalue weighted by Crippen LogP contribution is 2.64. The minimum absolute atomic E-state index is 0.0673. The molecular formula is C45H55NO15. The fourth-order valence-corrected chi connectivity index (χ4v) is 9.84. The molecule has 1 unspecified atom stereocenters. The molecule has 0 spiro atoms. The highest BCUT2D eigenvalue weighted by atomic mass is 16.6. The topological polar surface area (TPSA) is 231 Å². The van der Waals surface area contributed by atoms with Crippen LogP contribution in [-0.4, -0.2) is 111 Å². The average molecular weight is 850 g/mol. The van der Waals surface area contributed by atoms with E-state index >= 15 is 4.79 Å². The predicted octanol–water partition coefficient (Wildman–Crippen LogP) is 3.83. The van der Waals surface area contributed by atoms with E-state index in [9.17, 15) is 39.3 Å². The van der Waals surface area contributed by atoms with Gasteiger partial charge in [-0.3, -0.25) is 14.4 Å². The van der Waals surface area contributed by atoms with Crippen molar-refractivity contribution in [2.75, 3.05) is 6.61 Å². The summed E-state index contributed by atoms with van der Waals surface area (Å²) in [6, 6.07) is 14.6. The maximum Gasteiger partial charge on any atom is 0.408 e. The highest BCUT2D eigenvalue weighted by molar-refractivity contribution is 5.94. The Morgan fingerprint density at radius 2 is 1.51 bits per heavy atom. The van der Waals surface area contributed by atoms with E-state index in [1.807, 2.05) is 0 Å². The standard InChI is InChI=1S/C45H55NO15/c1-23-28(58-39(53)34(57-24(2)47)32(26-16-12-10-13-17-26)46-40(54)61-41(4,5)6)21-45(55)37(59-38(52)27-18-14-11-15-19-27)35-43(9,36(51)33(50)31(23)42(45,7)8)29(49)20-30-44(35,22-56-30)60-25(3)48/h10-19,28-30,32-35,37,49-50,55H,20-22H2,1-9H3,(H,46,54)/t28-,29-,30+,32-,33+,34?,35-,37-,43+,44-,45+/m0/s1. The monoisotopic (exact) mass is 849 g/mol. The molecule has 4 aliphatic rings. The van der Waals surface area contributed by atoms with Crippen LogP contribution in [0.4, 0.5) is 4.79 Å². The third kappa shape index (κ3) is 7.94. The van der Waals surface area contributed by atoms with Crippen LogP contribution in [0.2, 0.25) is 0 Å². The third-order valence-electron chi connectivity index (χ3n) is 12.8. The lowest BCUT2D eigenvalue weighted by Gasteiger charge is -2.67. The molecule has 2 saturated carbocycles. The molecule has 61 heavy (non-hydrogen) atoms. The van der Waals surface area contributed by atoms with Gasteiger partial charge in [-0.1, -0.05) is 62.4 Å². The van der Waals surface area contributed by atoms with Crippen molar-refractivity contribution in [3.05, 3.63) is 82.9 Å². The highest BCUT2D eigenvalue weighted by Gasteiger charge is 2.78. The summed E-state index contributed by atoms with van der Waals surface area (Å²) in [7, 11) is 0. The Labute approximate surface area is 353 Å². The molecule has 330 valence electrons. The number of Topliss-reactive ketones (excluding diaryl/α,β-unsaturated/α-hetero) is 1. The quantitative estimate of drug-likeness (QED) is 0.160. The van der Waals surface area contributed by atoms with Crippen molar-refractivity contribution in [2.45, 2.75) is 135 Å². The zero-order valence-electron chi connectivity index (χ0n) is 35.8. The van der Waals surface area contributed by atoms with Gasteiger partial charge in [-0.25, -0.2) is 14.4 Å². The van der Waals surface area contributed by atoms with Gasteiger partial charge in [0.15, 0.2) is 11.4 Å². The van der Waals surface area contributed by atoms with Crippen molar-refractivity contribution in [1.82, 2.24) is 5.32 Å². The van der Waals surface area contributed by atoms with E-state index in [4.69, 9.17) is 28.4 Å². The minimum Gasteiger partial charge on any atom is -0.455 e. The number of aliphatic hydroxyl groups excluding tert-OH is 2. The van der Waals surface area contributed by atoms with Crippen LogP contribution in [0.3, 0.4) is 0 Å². The van der Waals surface area contributed by atoms with Crippen molar-refractivity contribution in [3.8, 4) is 0 Å². The maximum atomic E-state index is 15.0. The van der Waals surface area contributed by atoms with Gasteiger partial charge in [-0.05, 0) is 63.5 Å². The van der Waals surface area contributed by atoms with E-state index in [2.05, 4.69) is 5.32 Å². The molecule has 3 aliphatic carbocycles. The molecule has 11 atom stereocenters. The van der Waals surface area contributed by atoms with Crippen molar-refractivity contribution in [1.29, 1.82) is 0 Å². The number of carbonyl (C=O) groups is 6. The minimum atomic E-state index is -2.39. The van der Waals surface area contributed by atoms with Gasteiger partial charge in [0.05, 0.1) is 29.6 Å². The normalized spacial score (nSPS) is 32.5. The fraction of sp³-hybridized carbons (Fsp3) is 0.556. The summed E-state index contributed by atoms with van der Waals surface area (Å²) >= 11 is 0. The largest absolute Gasteiger partial charge is 0.455 e. The fourth-order valence-electron chi connectivity index (χ4n) is 9.84. The van der Waals surface area contributed by atoms with Gasteiger partial charge < -0.3 is 49.1 Å². The first-order valence-electron chi connectivity index (χ1n) is 20.2. The number of carbonyl (C=O) groups excluding carboxylic acids is 6. The number of alkyl carbamates (subject to hydrolysis) is 1. The molecule has 0 radical (unpaired) electrons. The van der Waals surface area contributed by atoms with E-state index in [1.54, 1.807) is 69.3 Å². The Kier molecular flexibility index (Phi) is 12.1. The van der Waals surface area contributed by atoms with E-state index in [0.717, 1.165) is 13.8 Å². The lowest BCUT2D eigenvalue weighted by Crippen LogP contribution is -2.81. The predicted molar refractivity (Wildman–Crippen MR) is 213 cm³/mol. The molecule has 4 N–H and O–H groups in total. The molecule has 0 aromatic heterocycles. The van der Waals surface area contributed by atoms with Crippen LogP contribution in [0.15, 0.2) is 71.8 Å². The molecular weight excluding hydrogens is 794 g/mol. The van der Waals surface area contributed by atoms with Crippen LogP contribution in [0.5, 0.6) is 0 Å². The Hall–Kier alpha value is -5.16. The van der Waals surface area contributed by atoms with Gasteiger partial charge in [0.25, 0.3) is 0 Å². The zero-order valence-corrected chi connectivity index (χ0v) is 35.8. The van der Waals surface area contributed by atoms with Crippen LogP contribution in [0, 0.1) is 16.7 Å². The number of rotatable bonds is 9. The number of hydrogen-bond donors (Lipinski definition) is 4. The molecule has 2 aromatic rings. The number of ether oxygens (including phenoxy) is 6. The lowest BCUT2D eigenvalue weighted by molar-refractivity contribution is -0.346. The summed E-state index contributed by atoms with van der Waals surface area (Å²) in [5, 5.41) is 40.3. The maximum absolute atomic E-state index is 15.0. The van der Waals surface area contributed by atoms with Crippen molar-refractivity contribution in [2.24, 2.45) is 16.7 Å². The summed E-state index contributed by atoms with van der Waals surface area (Å²) in [5.41, 5.74) is -8.34. The molecule has 1 aliphatic heterocycles. The lowest BCUT2D eigenvalue weighted by atomic mass is 9.44. The molecule has 1 heterocycles. The number of ketones is 1. The van der Waals surface area contributed by atoms with E-state index in [0.29, 0.717) is 5.56 Å². The second-order valence-corrected chi connectivity index (χ2v) is 18.2. The zero-order chi connectivity index (χ0) is 45.0. The summed E-state index contributed by atoms with van der Waals surface area (Å²) in [5.74, 6) is -6.29. The molecule has 6 rings (SSSR count). The number of aliphatic hydroxyl groups is 3. The molecule has 1 saturated heterocycles. The number of nitrogens with one attached hydrogen (secondary N) is 1. The second-order valence-electron chi connectivity index (χ2n) is 18.2. The van der Waals surface area contributed by atoms with E-state index in [1.165, 1.54) is 39.8 Å². The van der Waals surface area contributed by atoms with Crippen LogP contribution in [0.1, 0.15) is 97.1 Å². The summed E-state index contributed by atoms with van der Waals surface area (Å²) < 4.78 is 35.4. The number of benzene rings is 2. The van der Waals surface area contributed by atoms with Gasteiger partial charge in [0, 0.05) is 32.1 Å². The van der Waals surface area contributed by atoms with Crippen LogP contribution >= 0.6 is 0 Å². The van der Waals surface area contributed by atoms with Gasteiger partial charge in [-0.15, -0.1) is 0 Å². The van der Waals surface area contributed by atoms with Crippen molar-refractivity contribution < 1.29 is 72.5 Å². The first-order chi connectivity index (χ1) is 28.4. The number of fused-ring (bicyclic) bond motifs is 5. The molecule has 2 aromatic carbocycles. The molecule has 3 fully saturated rings. The van der Waals surface area contributed by atoms with Crippen molar-refractivity contribution in [3.63, 3.8) is 0 Å². The number of esters is 4. The Bertz CT molecular complexity index is 2100. The Morgan fingerprint density at radius 1 is 0.902 bits per heavy atom. The number of hydrogen-bond acceptors (Lipinski definition) is 15. The summed E-state index contributed by atoms with van der Waals surface area (Å²) in [6.07, 6.45) is -11.5. The molecule has 16 nitrogen and oxygen atoms in total. The van der Waals surface area contributed by atoms with Gasteiger partial charge in [-0.2, -0.15) is 0 Å². The average Bonchev–Trinajstić information content (AvgIpc) is 3.17. The Balaban J connectivity index is 1.52. The smallest absolute Gasteiger partial charge is 0.408 e. The number of amides is 1. The third-order valence-corrected chi connectivity index (χ3v) is 12.8. The van der Waals surface area contributed by atoms with Gasteiger partial charge >= 0.3 is 30.0 Å². The summed E-state index contributed by atoms with van der Waals surface area (Å²) in [4.78, 5) is 82.6. The van der Waals surface area contributed by atoms with Crippen LogP contribution in [-0.2, 0) is 47.6 Å². The SMILES string of the molecule is CC(=O)OC(C(=O)O[C@H]1C[C@@]2(O)[C@@H](OC(=O)c3ccccc3)[C@@H]3[C@]4(OC(C)=O)CO[C@@H]4C[C@H](O)[C@@]3(C)C(=O)[C@H](O)C(=C1C)C2(C)C)[C@@H](NC(=O)OC(C)(C)C)c1ccccc1. The van der Waals surface area contributed by atoms with Gasteiger partial charge in [0.2, 0.25) is 6.10 Å². The molecule has 2 bridgehead atoms. The van der Waals surface area contributed by atoms with E-state index in [-0.39, 0.29) is 29.7 Å². The van der Waals surface area contributed by atoms with Gasteiger partial charge in [0.1, 0.15) is 41.7 Å². The van der Waals surface area contributed by atoms with E-state index < -0.39 is 118 Å².